The smallest absolute Gasteiger partial charge is 0.260 e. The molecule has 0 saturated carbocycles. The van der Waals surface area contributed by atoms with E-state index in [1.807, 2.05) is 6.92 Å². The molecule has 2 atom stereocenters. The quantitative estimate of drug-likeness (QED) is 0.447. The van der Waals surface area contributed by atoms with Crippen molar-refractivity contribution in [3.05, 3.63) is 57.6 Å². The minimum atomic E-state index is -4.38. The number of nitrogens with zero attached hydrogens (tertiary/aromatic N) is 2. The maximum Gasteiger partial charge on any atom is 0.418 e. The van der Waals surface area contributed by atoms with Gasteiger partial charge in [0.05, 0.1) is 10.6 Å². The summed E-state index contributed by atoms with van der Waals surface area (Å²) in [6, 6.07) is 3.69. The van der Waals surface area contributed by atoms with E-state index in [1.54, 1.807) is 26.1 Å². The molecule has 0 aromatic carbocycles. The van der Waals surface area contributed by atoms with Crippen LogP contribution in [0.1, 0.15) is 106 Å². The lowest BCUT2D eigenvalue weighted by molar-refractivity contribution is -0.138. The first-order chi connectivity index (χ1) is 13.4. The number of alkyl halides is 3. The van der Waals surface area contributed by atoms with Gasteiger partial charge in [0.2, 0.25) is 0 Å². The lowest BCUT2D eigenvalue weighted by Gasteiger charge is -2.20. The summed E-state index contributed by atoms with van der Waals surface area (Å²) in [5.74, 6) is 0.388. The molecular weight excluding hydrogens is 397 g/mol. The van der Waals surface area contributed by atoms with E-state index in [1.165, 1.54) is 0 Å². The van der Waals surface area contributed by atoms with Crippen molar-refractivity contribution in [2.24, 2.45) is 0 Å². The van der Waals surface area contributed by atoms with Crippen molar-refractivity contribution < 1.29 is 13.2 Å². The molecular formula is C23H30ClF3N2. The first-order valence-electron chi connectivity index (χ1n) is 10.1. The van der Waals surface area contributed by atoms with Crippen molar-refractivity contribution in [3.63, 3.8) is 0 Å². The summed E-state index contributed by atoms with van der Waals surface area (Å²) < 4.78 is 39.8. The Kier molecular flexibility index (Phi) is 7.72. The van der Waals surface area contributed by atoms with Gasteiger partial charge < -0.3 is 0 Å². The summed E-state index contributed by atoms with van der Waals surface area (Å²) in [6.07, 6.45) is -0.0122. The van der Waals surface area contributed by atoms with Gasteiger partial charge >= 0.3 is 6.18 Å². The highest BCUT2D eigenvalue weighted by Crippen LogP contribution is 2.37. The topological polar surface area (TPSA) is 25.8 Å². The Labute approximate surface area is 176 Å². The van der Waals surface area contributed by atoms with Crippen LogP contribution in [0.2, 0.25) is 5.02 Å². The van der Waals surface area contributed by atoms with Gasteiger partial charge in [-0.1, -0.05) is 53.1 Å². The van der Waals surface area contributed by atoms with Gasteiger partial charge in [-0.3, -0.25) is 9.97 Å². The Hall–Kier alpha value is -1.62. The van der Waals surface area contributed by atoms with Crippen molar-refractivity contribution in [1.82, 2.24) is 9.97 Å². The highest BCUT2D eigenvalue weighted by atomic mass is 35.5. The minimum absolute atomic E-state index is 0.0578. The molecule has 0 saturated heterocycles. The lowest BCUT2D eigenvalue weighted by atomic mass is 9.89. The first kappa shape index (κ1) is 23.7. The van der Waals surface area contributed by atoms with Gasteiger partial charge in [-0.25, -0.2) is 0 Å². The van der Waals surface area contributed by atoms with Crippen LogP contribution in [0.3, 0.4) is 0 Å². The number of hydrogen-bond donors (Lipinski definition) is 0. The van der Waals surface area contributed by atoms with E-state index >= 15 is 0 Å². The maximum atomic E-state index is 13.3. The van der Waals surface area contributed by atoms with E-state index in [2.05, 4.69) is 36.8 Å². The van der Waals surface area contributed by atoms with Crippen LogP contribution in [-0.2, 0) is 6.18 Å². The summed E-state index contributed by atoms with van der Waals surface area (Å²) in [5, 5.41) is 0.657. The second kappa shape index (κ2) is 9.46. The van der Waals surface area contributed by atoms with Gasteiger partial charge in [0.1, 0.15) is 0 Å². The SMILES string of the molecule is CC(C)c1cc(C(C)CCC(C)c2cc(C(C)C)c(C(F)(F)F)cn2)c(Cl)cn1. The fourth-order valence-corrected chi connectivity index (χ4v) is 3.73. The van der Waals surface area contributed by atoms with Crippen LogP contribution in [0.25, 0.3) is 0 Å². The Morgan fingerprint density at radius 3 is 1.90 bits per heavy atom. The van der Waals surface area contributed by atoms with Crippen molar-refractivity contribution in [2.45, 2.75) is 84.2 Å². The largest absolute Gasteiger partial charge is 0.418 e. The van der Waals surface area contributed by atoms with Gasteiger partial charge in [0.25, 0.3) is 0 Å². The van der Waals surface area contributed by atoms with Crippen molar-refractivity contribution in [1.29, 1.82) is 0 Å². The highest BCUT2D eigenvalue weighted by molar-refractivity contribution is 6.31. The molecule has 0 aliphatic carbocycles. The molecule has 0 radical (unpaired) electrons. The Balaban J connectivity index is 2.16. The predicted molar refractivity (Wildman–Crippen MR) is 113 cm³/mol. The monoisotopic (exact) mass is 426 g/mol. The Bertz CT molecular complexity index is 831. The molecule has 0 fully saturated rings. The molecule has 2 unspecified atom stereocenters. The lowest BCUT2D eigenvalue weighted by Crippen LogP contribution is -2.13. The van der Waals surface area contributed by atoms with Crippen LogP contribution in [0.15, 0.2) is 24.5 Å². The fraction of sp³-hybridized carbons (Fsp3) is 0.565. The number of aromatic nitrogens is 2. The van der Waals surface area contributed by atoms with Gasteiger partial charge in [-0.05, 0) is 59.8 Å². The standard InChI is InChI=1S/C23H30ClF3N2/c1-13(2)17-9-22(28-11-19(17)23(25,26)27)16(6)8-7-15(5)18-10-21(14(3)4)29-12-20(18)24/h9-16H,7-8H2,1-6H3. The van der Waals surface area contributed by atoms with Crippen LogP contribution >= 0.6 is 11.6 Å². The molecule has 0 amide bonds. The number of hydrogen-bond acceptors (Lipinski definition) is 2. The van der Waals surface area contributed by atoms with Gasteiger partial charge in [-0.15, -0.1) is 0 Å². The van der Waals surface area contributed by atoms with Gasteiger partial charge in [-0.2, -0.15) is 13.2 Å². The summed E-state index contributed by atoms with van der Waals surface area (Å²) in [7, 11) is 0. The molecule has 0 N–H and O–H groups in total. The molecule has 6 heteroatoms. The fourth-order valence-electron chi connectivity index (χ4n) is 3.44. The molecule has 2 rings (SSSR count). The van der Waals surface area contributed by atoms with Crippen molar-refractivity contribution >= 4 is 11.6 Å². The predicted octanol–water partition coefficient (Wildman–Crippen LogP) is 8.08. The molecule has 29 heavy (non-hydrogen) atoms. The Morgan fingerprint density at radius 1 is 0.793 bits per heavy atom. The molecule has 2 aromatic heterocycles. The van der Waals surface area contributed by atoms with Crippen molar-refractivity contribution in [2.75, 3.05) is 0 Å². The molecule has 2 heterocycles. The second-order valence-electron chi connectivity index (χ2n) is 8.51. The van der Waals surface area contributed by atoms with Crippen molar-refractivity contribution in [3.8, 4) is 0 Å². The third-order valence-corrected chi connectivity index (χ3v) is 5.77. The summed E-state index contributed by atoms with van der Waals surface area (Å²) >= 11 is 6.36. The first-order valence-corrected chi connectivity index (χ1v) is 10.5. The van der Waals surface area contributed by atoms with Crippen LogP contribution < -0.4 is 0 Å². The highest BCUT2D eigenvalue weighted by Gasteiger charge is 2.34. The molecule has 0 aliphatic rings. The molecule has 0 bridgehead atoms. The normalized spacial score (nSPS) is 14.5. The zero-order valence-corrected chi connectivity index (χ0v) is 18.7. The molecule has 0 spiro atoms. The van der Waals surface area contributed by atoms with E-state index in [9.17, 15) is 13.2 Å². The zero-order valence-electron chi connectivity index (χ0n) is 17.9. The van der Waals surface area contributed by atoms with E-state index in [-0.39, 0.29) is 17.8 Å². The van der Waals surface area contributed by atoms with Crippen LogP contribution in [-0.4, -0.2) is 9.97 Å². The number of halogens is 4. The van der Waals surface area contributed by atoms with E-state index < -0.39 is 11.7 Å². The molecule has 0 aliphatic heterocycles. The summed E-state index contributed by atoms with van der Waals surface area (Å²) in [4.78, 5) is 8.52. The number of pyridine rings is 2. The number of rotatable bonds is 7. The third kappa shape index (κ3) is 5.94. The average Bonchev–Trinajstić information content (AvgIpc) is 2.64. The summed E-state index contributed by atoms with van der Waals surface area (Å²) in [5.41, 5.74) is 2.46. The average molecular weight is 427 g/mol. The third-order valence-electron chi connectivity index (χ3n) is 5.45. The molecule has 2 nitrogen and oxygen atoms in total. The summed E-state index contributed by atoms with van der Waals surface area (Å²) in [6.45, 7) is 11.9. The van der Waals surface area contributed by atoms with Gasteiger partial charge in [0, 0.05) is 23.8 Å². The van der Waals surface area contributed by atoms with Gasteiger partial charge in [0.15, 0.2) is 0 Å². The van der Waals surface area contributed by atoms with Crippen LogP contribution in [0, 0.1) is 0 Å². The van der Waals surface area contributed by atoms with E-state index in [0.717, 1.165) is 30.3 Å². The Morgan fingerprint density at radius 2 is 1.34 bits per heavy atom. The van der Waals surface area contributed by atoms with Crippen LogP contribution in [0.4, 0.5) is 13.2 Å². The van der Waals surface area contributed by atoms with Crippen LogP contribution in [0.5, 0.6) is 0 Å². The zero-order chi connectivity index (χ0) is 21.9. The maximum absolute atomic E-state index is 13.3. The molecule has 2 aromatic rings. The molecule has 160 valence electrons. The minimum Gasteiger partial charge on any atom is -0.260 e. The van der Waals surface area contributed by atoms with E-state index in [4.69, 9.17) is 11.6 Å². The van der Waals surface area contributed by atoms with E-state index in [0.29, 0.717) is 22.2 Å². The second-order valence-corrected chi connectivity index (χ2v) is 8.92.